The predicted molar refractivity (Wildman–Crippen MR) is 113 cm³/mol. The number of carbonyl (C=O) groups excluding carboxylic acids is 2. The van der Waals surface area contributed by atoms with Crippen molar-refractivity contribution in [2.45, 2.75) is 45.6 Å². The van der Waals surface area contributed by atoms with E-state index in [1.165, 1.54) is 11.6 Å². The van der Waals surface area contributed by atoms with Crippen LogP contribution >= 0.6 is 0 Å². The lowest BCUT2D eigenvalue weighted by Gasteiger charge is -2.29. The second kappa shape index (κ2) is 10.0. The SMILES string of the molecule is CCc1ccc(NC(=O)[C@H]2CCCC[C@H]2C(=O)OCc2ccccc2[N+](=O)[O-])cc1. The van der Waals surface area contributed by atoms with Crippen molar-refractivity contribution in [2.75, 3.05) is 5.32 Å². The molecule has 7 heteroatoms. The Morgan fingerprint density at radius 3 is 2.40 bits per heavy atom. The Morgan fingerprint density at radius 2 is 1.73 bits per heavy atom. The molecule has 1 amide bonds. The Morgan fingerprint density at radius 1 is 1.07 bits per heavy atom. The molecule has 1 aliphatic carbocycles. The molecule has 0 bridgehead atoms. The second-order valence-electron chi connectivity index (χ2n) is 7.53. The first-order valence-corrected chi connectivity index (χ1v) is 10.3. The Bertz CT molecular complexity index is 910. The van der Waals surface area contributed by atoms with Gasteiger partial charge in [0.1, 0.15) is 6.61 Å². The molecular weight excluding hydrogens is 384 g/mol. The quantitative estimate of drug-likeness (QED) is 0.407. The van der Waals surface area contributed by atoms with E-state index < -0.39 is 22.7 Å². The smallest absolute Gasteiger partial charge is 0.310 e. The number of amides is 1. The summed E-state index contributed by atoms with van der Waals surface area (Å²) < 4.78 is 5.40. The van der Waals surface area contributed by atoms with Crippen molar-refractivity contribution in [1.29, 1.82) is 0 Å². The first-order chi connectivity index (χ1) is 14.5. The third kappa shape index (κ3) is 5.23. The zero-order chi connectivity index (χ0) is 21.5. The summed E-state index contributed by atoms with van der Waals surface area (Å²) in [5.41, 5.74) is 2.14. The molecule has 0 heterocycles. The fourth-order valence-corrected chi connectivity index (χ4v) is 3.85. The van der Waals surface area contributed by atoms with Crippen LogP contribution in [-0.2, 0) is 27.4 Å². The van der Waals surface area contributed by atoms with Crippen LogP contribution < -0.4 is 5.32 Å². The third-order valence-electron chi connectivity index (χ3n) is 5.59. The molecule has 0 spiro atoms. The molecular formula is C23H26N2O5. The number of aryl methyl sites for hydroxylation is 1. The molecule has 30 heavy (non-hydrogen) atoms. The van der Waals surface area contributed by atoms with Crippen LogP contribution in [0.3, 0.4) is 0 Å². The number of hydrogen-bond acceptors (Lipinski definition) is 5. The summed E-state index contributed by atoms with van der Waals surface area (Å²) in [6.45, 7) is 1.88. The fourth-order valence-electron chi connectivity index (χ4n) is 3.85. The van der Waals surface area contributed by atoms with E-state index in [1.54, 1.807) is 18.2 Å². The summed E-state index contributed by atoms with van der Waals surface area (Å²) in [4.78, 5) is 36.2. The van der Waals surface area contributed by atoms with Gasteiger partial charge >= 0.3 is 5.97 Å². The highest BCUT2D eigenvalue weighted by Gasteiger charge is 2.37. The molecule has 0 radical (unpaired) electrons. The van der Waals surface area contributed by atoms with Gasteiger partial charge in [-0.15, -0.1) is 0 Å². The summed E-state index contributed by atoms with van der Waals surface area (Å²) >= 11 is 0. The number of nitro groups is 1. The zero-order valence-electron chi connectivity index (χ0n) is 17.0. The maximum Gasteiger partial charge on any atom is 0.310 e. The van der Waals surface area contributed by atoms with Crippen LogP contribution in [0.15, 0.2) is 48.5 Å². The van der Waals surface area contributed by atoms with Crippen LogP contribution in [0, 0.1) is 22.0 Å². The van der Waals surface area contributed by atoms with Crippen molar-refractivity contribution >= 4 is 23.3 Å². The summed E-state index contributed by atoms with van der Waals surface area (Å²) in [5, 5.41) is 14.0. The Kier molecular flexibility index (Phi) is 7.17. The number of rotatable bonds is 7. The minimum absolute atomic E-state index is 0.0845. The van der Waals surface area contributed by atoms with E-state index in [0.717, 1.165) is 19.3 Å². The summed E-state index contributed by atoms with van der Waals surface area (Å²) in [5.74, 6) is -1.68. The van der Waals surface area contributed by atoms with Gasteiger partial charge in [-0.2, -0.15) is 0 Å². The lowest BCUT2D eigenvalue weighted by molar-refractivity contribution is -0.385. The lowest BCUT2D eigenvalue weighted by Crippen LogP contribution is -2.37. The molecule has 1 fully saturated rings. The van der Waals surface area contributed by atoms with Gasteiger partial charge in [-0.05, 0) is 43.0 Å². The molecule has 3 rings (SSSR count). The molecule has 158 valence electrons. The number of nitrogens with one attached hydrogen (secondary N) is 1. The molecule has 0 aliphatic heterocycles. The Hall–Kier alpha value is -3.22. The number of anilines is 1. The van der Waals surface area contributed by atoms with E-state index in [-0.39, 0.29) is 18.2 Å². The van der Waals surface area contributed by atoms with Crippen LogP contribution in [0.2, 0.25) is 0 Å². The topological polar surface area (TPSA) is 98.5 Å². The lowest BCUT2D eigenvalue weighted by atomic mass is 9.78. The van der Waals surface area contributed by atoms with E-state index in [9.17, 15) is 19.7 Å². The van der Waals surface area contributed by atoms with Crippen LogP contribution in [0.5, 0.6) is 0 Å². The third-order valence-corrected chi connectivity index (χ3v) is 5.59. The molecule has 1 saturated carbocycles. The number of nitrogens with zero attached hydrogens (tertiary/aromatic N) is 1. The van der Waals surface area contributed by atoms with Crippen LogP contribution in [0.4, 0.5) is 11.4 Å². The second-order valence-corrected chi connectivity index (χ2v) is 7.53. The van der Waals surface area contributed by atoms with Crippen LogP contribution in [0.1, 0.15) is 43.7 Å². The van der Waals surface area contributed by atoms with Crippen molar-refractivity contribution < 1.29 is 19.2 Å². The van der Waals surface area contributed by atoms with Gasteiger partial charge in [0, 0.05) is 11.8 Å². The van der Waals surface area contributed by atoms with E-state index in [0.29, 0.717) is 24.1 Å². The number of esters is 1. The molecule has 0 unspecified atom stereocenters. The average Bonchev–Trinajstić information content (AvgIpc) is 2.78. The van der Waals surface area contributed by atoms with Gasteiger partial charge in [-0.3, -0.25) is 19.7 Å². The van der Waals surface area contributed by atoms with Gasteiger partial charge in [0.2, 0.25) is 5.91 Å². The summed E-state index contributed by atoms with van der Waals surface area (Å²) in [6.07, 6.45) is 3.83. The summed E-state index contributed by atoms with van der Waals surface area (Å²) in [7, 11) is 0. The maximum atomic E-state index is 12.8. The van der Waals surface area contributed by atoms with Gasteiger partial charge in [-0.1, -0.05) is 44.0 Å². The number of nitro benzene ring substituents is 1. The van der Waals surface area contributed by atoms with Crippen LogP contribution in [0.25, 0.3) is 0 Å². The molecule has 1 N–H and O–H groups in total. The highest BCUT2D eigenvalue weighted by Crippen LogP contribution is 2.32. The highest BCUT2D eigenvalue weighted by atomic mass is 16.6. The normalized spacial score (nSPS) is 18.4. The standard InChI is InChI=1S/C23H26N2O5/c1-2-16-11-13-18(14-12-16)24-22(26)19-8-4-5-9-20(19)23(27)30-15-17-7-3-6-10-21(17)25(28)29/h3,6-7,10-14,19-20H,2,4-5,8-9,15H2,1H3,(H,24,26)/t19-,20+/m0/s1. The highest BCUT2D eigenvalue weighted by molar-refractivity contribution is 5.95. The van der Waals surface area contributed by atoms with Crippen LogP contribution in [-0.4, -0.2) is 16.8 Å². The van der Waals surface area contributed by atoms with E-state index in [1.807, 2.05) is 24.3 Å². The Labute approximate surface area is 175 Å². The molecule has 7 nitrogen and oxygen atoms in total. The van der Waals surface area contributed by atoms with E-state index in [2.05, 4.69) is 12.2 Å². The minimum atomic E-state index is -0.545. The van der Waals surface area contributed by atoms with Crippen molar-refractivity contribution in [3.63, 3.8) is 0 Å². The molecule has 2 atom stereocenters. The van der Waals surface area contributed by atoms with Gasteiger partial charge in [0.05, 0.1) is 22.3 Å². The Balaban J connectivity index is 1.65. The van der Waals surface area contributed by atoms with E-state index in [4.69, 9.17) is 4.74 Å². The molecule has 2 aromatic rings. The first-order valence-electron chi connectivity index (χ1n) is 10.3. The zero-order valence-corrected chi connectivity index (χ0v) is 17.0. The number of ether oxygens (including phenoxy) is 1. The number of benzene rings is 2. The summed E-state index contributed by atoms with van der Waals surface area (Å²) in [6, 6.07) is 13.8. The van der Waals surface area contributed by atoms with Gasteiger partial charge < -0.3 is 10.1 Å². The monoisotopic (exact) mass is 410 g/mol. The van der Waals surface area contributed by atoms with Crippen molar-refractivity contribution in [3.05, 3.63) is 69.8 Å². The van der Waals surface area contributed by atoms with Gasteiger partial charge in [0.15, 0.2) is 0 Å². The van der Waals surface area contributed by atoms with Gasteiger partial charge in [0.25, 0.3) is 5.69 Å². The maximum absolute atomic E-state index is 12.8. The number of para-hydroxylation sites is 1. The molecule has 0 aromatic heterocycles. The minimum Gasteiger partial charge on any atom is -0.460 e. The molecule has 2 aromatic carbocycles. The van der Waals surface area contributed by atoms with Gasteiger partial charge in [-0.25, -0.2) is 0 Å². The first kappa shape index (κ1) is 21.5. The average molecular weight is 410 g/mol. The molecule has 0 saturated heterocycles. The van der Waals surface area contributed by atoms with E-state index >= 15 is 0 Å². The van der Waals surface area contributed by atoms with Crippen molar-refractivity contribution in [3.8, 4) is 0 Å². The predicted octanol–water partition coefficient (Wildman–Crippen LogP) is 4.65. The number of carbonyl (C=O) groups is 2. The largest absolute Gasteiger partial charge is 0.460 e. The number of hydrogen-bond donors (Lipinski definition) is 1. The van der Waals surface area contributed by atoms with Crippen molar-refractivity contribution in [2.24, 2.45) is 11.8 Å². The van der Waals surface area contributed by atoms with Crippen molar-refractivity contribution in [1.82, 2.24) is 0 Å². The fraction of sp³-hybridized carbons (Fsp3) is 0.391. The molecule has 1 aliphatic rings.